The highest BCUT2D eigenvalue weighted by Gasteiger charge is 2.16. The van der Waals surface area contributed by atoms with Gasteiger partial charge in [0.2, 0.25) is 0 Å². The largest absolute Gasteiger partial charge is 0.504 e. The van der Waals surface area contributed by atoms with Gasteiger partial charge in [0.1, 0.15) is 49.8 Å². The Bertz CT molecular complexity index is 3430. The van der Waals surface area contributed by atoms with E-state index >= 15 is 0 Å². The fraction of sp³-hybridized carbons (Fsp3) is 0.191. The molecule has 4 aromatic heterocycles. The van der Waals surface area contributed by atoms with Crippen molar-refractivity contribution < 1.29 is 24.4 Å². The van der Waals surface area contributed by atoms with E-state index < -0.39 is 0 Å². The molecule has 0 bridgehead atoms. The van der Waals surface area contributed by atoms with Crippen LogP contribution in [0.5, 0.6) is 28.7 Å². The van der Waals surface area contributed by atoms with Crippen LogP contribution in [0.3, 0.4) is 0 Å². The highest BCUT2D eigenvalue weighted by Crippen LogP contribution is 2.41. The molecule has 9 rings (SSSR count). The van der Waals surface area contributed by atoms with Gasteiger partial charge in [-0.05, 0) is 58.0 Å². The summed E-state index contributed by atoms with van der Waals surface area (Å²) in [5.41, 5.74) is 18.7. The number of halogens is 10. The Balaban J connectivity index is 0.000000237. The number of anilines is 2. The van der Waals surface area contributed by atoms with Gasteiger partial charge in [0.15, 0.2) is 28.7 Å². The molecule has 4 heterocycles. The highest BCUT2D eigenvalue weighted by atomic mass is 35.5. The molecule has 0 unspecified atom stereocenters. The lowest BCUT2D eigenvalue weighted by atomic mass is 10.2. The minimum absolute atomic E-state index is 0. The lowest BCUT2D eigenvalue weighted by molar-refractivity contribution is 0.417. The van der Waals surface area contributed by atoms with Crippen LogP contribution in [0, 0.1) is 27.7 Å². The van der Waals surface area contributed by atoms with Crippen LogP contribution in [-0.2, 0) is 0 Å². The number of aromatic hydroxyl groups is 2. The van der Waals surface area contributed by atoms with Crippen molar-refractivity contribution in [2.75, 3.05) is 32.8 Å². The third-order valence-electron chi connectivity index (χ3n) is 9.13. The number of fused-ring (bicyclic) bond motifs is 4. The van der Waals surface area contributed by atoms with Gasteiger partial charge in [0, 0.05) is 24.8 Å². The van der Waals surface area contributed by atoms with Gasteiger partial charge in [-0.1, -0.05) is 131 Å². The van der Waals surface area contributed by atoms with Gasteiger partial charge in [-0.15, -0.1) is 0 Å². The minimum atomic E-state index is -0.0847. The van der Waals surface area contributed by atoms with Crippen molar-refractivity contribution in [3.8, 4) is 28.7 Å². The molecule has 0 aliphatic rings. The van der Waals surface area contributed by atoms with E-state index in [1.165, 1.54) is 32.4 Å². The molecule has 25 heteroatoms. The lowest BCUT2D eigenvalue weighted by Gasteiger charge is -2.09. The first kappa shape index (κ1) is 61.3. The zero-order chi connectivity index (χ0) is 51.9. The standard InChI is InChI=1S/2C10H8Cl2N2O.2C9H6Cl2N2O.C7H8Cl2N2O.2CH4/c1-5-4-13-9-8(14-5)6(11)3-7(12)10(9)15-2;1-5-4-13-8-6(11)3-7(12)10(15-2)9(8)14-5;1-4-3-12-8-7(13-4)5(10)2-6(11)9(8)14;1-4-3-12-7-5(10)2-6(11)9(14)8(7)13-4;1-12-7-4(9)2-3(8)5(10)6(7)11;;/h2*3-4H,1-2H3;2*2-3,14H,1H3;2H,10-11H2,1H3;2*1H4. The number of nitrogens with zero attached hydrogens (tertiary/aromatic N) is 8. The van der Waals surface area contributed by atoms with E-state index in [0.29, 0.717) is 107 Å². The van der Waals surface area contributed by atoms with Crippen LogP contribution in [0.4, 0.5) is 11.4 Å². The number of nitrogen functional groups attached to an aromatic ring is 2. The second-order valence-electron chi connectivity index (χ2n) is 14.2. The molecule has 0 radical (unpaired) electrons. The van der Waals surface area contributed by atoms with E-state index in [1.807, 2.05) is 13.8 Å². The second kappa shape index (κ2) is 26.8. The molecule has 0 saturated carbocycles. The molecule has 6 N–H and O–H groups in total. The first-order chi connectivity index (χ1) is 33.0. The summed E-state index contributed by atoms with van der Waals surface area (Å²) in [6.07, 6.45) is 6.44. The third kappa shape index (κ3) is 14.2. The van der Waals surface area contributed by atoms with Gasteiger partial charge in [-0.3, -0.25) is 9.97 Å². The molecule has 382 valence electrons. The predicted molar refractivity (Wildman–Crippen MR) is 299 cm³/mol. The number of phenols is 2. The molecular weight excluding hydrogens is 1140 g/mol. The number of benzene rings is 5. The number of hydrogen-bond donors (Lipinski definition) is 4. The predicted octanol–water partition coefficient (Wildman–Crippen LogP) is 15.8. The Labute approximate surface area is 464 Å². The number of nitrogens with two attached hydrogens (primary N) is 2. The van der Waals surface area contributed by atoms with Gasteiger partial charge in [-0.2, -0.15) is 0 Å². The average molecular weight is 1180 g/mol. The summed E-state index contributed by atoms with van der Waals surface area (Å²) in [5.74, 6) is 1.20. The van der Waals surface area contributed by atoms with E-state index in [-0.39, 0.29) is 47.8 Å². The van der Waals surface area contributed by atoms with Crippen LogP contribution in [0.25, 0.3) is 44.1 Å². The fourth-order valence-electron chi connectivity index (χ4n) is 5.92. The number of hydrogen-bond acceptors (Lipinski definition) is 15. The van der Waals surface area contributed by atoms with Crippen LogP contribution in [0.2, 0.25) is 50.2 Å². The summed E-state index contributed by atoms with van der Waals surface area (Å²) in [6.45, 7) is 7.28. The van der Waals surface area contributed by atoms with Crippen LogP contribution in [0.15, 0.2) is 55.1 Å². The molecule has 15 nitrogen and oxygen atoms in total. The Kier molecular flexibility index (Phi) is 22.8. The molecule has 0 saturated heterocycles. The van der Waals surface area contributed by atoms with Crippen molar-refractivity contribution in [2.45, 2.75) is 42.5 Å². The molecule has 9 aromatic rings. The number of phenolic OH excluding ortho intramolecular Hbond substituents is 2. The van der Waals surface area contributed by atoms with E-state index in [0.717, 1.165) is 17.1 Å². The quantitative estimate of drug-likeness (QED) is 0.121. The topological polar surface area (TPSA) is 223 Å². The molecule has 0 aliphatic heterocycles. The number of ether oxygens (including phenoxy) is 3. The van der Waals surface area contributed by atoms with Crippen molar-refractivity contribution in [1.29, 1.82) is 0 Å². The van der Waals surface area contributed by atoms with Crippen LogP contribution < -0.4 is 25.7 Å². The van der Waals surface area contributed by atoms with Crippen LogP contribution >= 0.6 is 116 Å². The van der Waals surface area contributed by atoms with E-state index in [2.05, 4.69) is 39.9 Å². The van der Waals surface area contributed by atoms with Crippen molar-refractivity contribution in [3.63, 3.8) is 0 Å². The maximum atomic E-state index is 9.61. The monoisotopic (exact) mass is 1180 g/mol. The van der Waals surface area contributed by atoms with Gasteiger partial charge >= 0.3 is 0 Å². The first-order valence-corrected chi connectivity index (χ1v) is 23.3. The van der Waals surface area contributed by atoms with Crippen molar-refractivity contribution in [1.82, 2.24) is 39.9 Å². The summed E-state index contributed by atoms with van der Waals surface area (Å²) in [4.78, 5) is 33.4. The van der Waals surface area contributed by atoms with Gasteiger partial charge in [0.25, 0.3) is 0 Å². The lowest BCUT2D eigenvalue weighted by Crippen LogP contribution is -1.99. The molecule has 0 amide bonds. The van der Waals surface area contributed by atoms with Crippen LogP contribution in [-0.4, -0.2) is 71.4 Å². The Morgan fingerprint density at radius 1 is 0.347 bits per heavy atom. The highest BCUT2D eigenvalue weighted by molar-refractivity contribution is 6.41. The van der Waals surface area contributed by atoms with Crippen molar-refractivity contribution in [3.05, 3.63) is 128 Å². The Morgan fingerprint density at radius 2 is 0.639 bits per heavy atom. The number of methoxy groups -OCH3 is 3. The van der Waals surface area contributed by atoms with Gasteiger partial charge in [-0.25, -0.2) is 29.9 Å². The van der Waals surface area contributed by atoms with Crippen molar-refractivity contribution in [2.24, 2.45) is 0 Å². The molecule has 0 fully saturated rings. The molecule has 0 atom stereocenters. The Morgan fingerprint density at radius 3 is 1.08 bits per heavy atom. The van der Waals surface area contributed by atoms with Gasteiger partial charge < -0.3 is 35.9 Å². The minimum Gasteiger partial charge on any atom is -0.504 e. The SMILES string of the molecule is C.C.COc1c(Cl)cc(Cl)c(N)c1N.COc1c(Cl)cc(Cl)c2nc(C)cnc12.COc1c(Cl)cc(Cl)c2ncc(C)nc12.Cc1cnc2c(Cl)cc(Cl)c(O)c2n1.Cc1cnc2c(O)c(Cl)cc(Cl)c2n1. The molecule has 72 heavy (non-hydrogen) atoms. The fourth-order valence-corrected chi connectivity index (χ4v) is 8.63. The van der Waals surface area contributed by atoms with Crippen molar-refractivity contribution >= 4 is 172 Å². The Hall–Kier alpha value is -5.04. The van der Waals surface area contributed by atoms with E-state index in [1.54, 1.807) is 57.9 Å². The molecule has 5 aromatic carbocycles. The average Bonchev–Trinajstić information content (AvgIpc) is 3.30. The number of aromatic nitrogens is 8. The molecular formula is C47H44Cl10N10O5. The molecule has 0 spiro atoms. The smallest absolute Gasteiger partial charge is 0.165 e. The summed E-state index contributed by atoms with van der Waals surface area (Å²) >= 11 is 58.7. The summed E-state index contributed by atoms with van der Waals surface area (Å²) in [7, 11) is 4.54. The van der Waals surface area contributed by atoms with Crippen LogP contribution in [0.1, 0.15) is 37.6 Å². The van der Waals surface area contributed by atoms with E-state index in [4.69, 9.17) is 142 Å². The zero-order valence-corrected chi connectivity index (χ0v) is 44.9. The summed E-state index contributed by atoms with van der Waals surface area (Å²) < 4.78 is 15.3. The summed E-state index contributed by atoms with van der Waals surface area (Å²) in [5, 5.41) is 22.9. The molecule has 0 aliphatic carbocycles. The number of aryl methyl sites for hydroxylation is 4. The van der Waals surface area contributed by atoms with Gasteiger partial charge in [0.05, 0.1) is 100 Å². The van der Waals surface area contributed by atoms with E-state index in [9.17, 15) is 10.2 Å². The second-order valence-corrected chi connectivity index (χ2v) is 18.2. The third-order valence-corrected chi connectivity index (χ3v) is 12.0. The summed E-state index contributed by atoms with van der Waals surface area (Å²) in [6, 6.07) is 7.61. The maximum Gasteiger partial charge on any atom is 0.165 e. The maximum absolute atomic E-state index is 9.61. The first-order valence-electron chi connectivity index (χ1n) is 19.5. The normalized spacial score (nSPS) is 10.3. The number of rotatable bonds is 3. The zero-order valence-electron chi connectivity index (χ0n) is 37.3.